The van der Waals surface area contributed by atoms with Gasteiger partial charge in [0.25, 0.3) is 0 Å². The van der Waals surface area contributed by atoms with Crippen molar-refractivity contribution in [1.29, 1.82) is 0 Å². The lowest BCUT2D eigenvalue weighted by Crippen LogP contribution is -2.38. The van der Waals surface area contributed by atoms with Gasteiger partial charge in [0.05, 0.1) is 31.9 Å². The monoisotopic (exact) mass is 484 g/mol. The standard InChI is InChI=1S/C19H21IN2O3S/c20-26-14-5-17-3-1-16-2-4-18(15-19(16)21-17)25-13-12-24-11-8-22-6-9-23-10-7-22/h1-4,15H,6-13H2. The van der Waals surface area contributed by atoms with E-state index in [9.17, 15) is 0 Å². The Hall–Kier alpha value is -1.05. The third-order valence-electron chi connectivity index (χ3n) is 4.03. The van der Waals surface area contributed by atoms with Crippen LogP contribution in [0.4, 0.5) is 0 Å². The van der Waals surface area contributed by atoms with E-state index in [4.69, 9.17) is 14.2 Å². The highest BCUT2D eigenvalue weighted by Crippen LogP contribution is 2.20. The van der Waals surface area contributed by atoms with Crippen LogP contribution in [0, 0.1) is 11.2 Å². The van der Waals surface area contributed by atoms with Gasteiger partial charge in [-0.25, -0.2) is 4.98 Å². The molecule has 0 aliphatic carbocycles. The quantitative estimate of drug-likeness (QED) is 0.341. The molecule has 1 aromatic carbocycles. The predicted octanol–water partition coefficient (Wildman–Crippen LogP) is 3.35. The predicted molar refractivity (Wildman–Crippen MR) is 114 cm³/mol. The number of fused-ring (bicyclic) bond motifs is 1. The second-order valence-corrected chi connectivity index (χ2v) is 7.45. The summed E-state index contributed by atoms with van der Waals surface area (Å²) in [5.74, 6) is 3.82. The van der Waals surface area contributed by atoms with E-state index < -0.39 is 0 Å². The molecule has 0 unspecified atom stereocenters. The normalized spacial score (nSPS) is 14.8. The molecule has 1 fully saturated rings. The van der Waals surface area contributed by atoms with E-state index in [1.807, 2.05) is 30.3 Å². The van der Waals surface area contributed by atoms with Crippen molar-refractivity contribution in [2.75, 3.05) is 52.7 Å². The topological polar surface area (TPSA) is 43.8 Å². The molecular formula is C19H21IN2O3S. The maximum Gasteiger partial charge on any atom is 0.121 e. The van der Waals surface area contributed by atoms with Crippen LogP contribution in [0.3, 0.4) is 0 Å². The maximum atomic E-state index is 5.79. The zero-order chi connectivity index (χ0) is 18.0. The molecule has 138 valence electrons. The van der Waals surface area contributed by atoms with E-state index >= 15 is 0 Å². The molecule has 1 aliphatic rings. The lowest BCUT2D eigenvalue weighted by Gasteiger charge is -2.26. The van der Waals surface area contributed by atoms with Gasteiger partial charge >= 0.3 is 0 Å². The van der Waals surface area contributed by atoms with Crippen molar-refractivity contribution < 1.29 is 14.2 Å². The fourth-order valence-corrected chi connectivity index (χ4v) is 3.14. The Morgan fingerprint density at radius 1 is 1.15 bits per heavy atom. The molecule has 1 aliphatic heterocycles. The number of nitrogens with zero attached hydrogens (tertiary/aromatic N) is 2. The van der Waals surface area contributed by atoms with Crippen molar-refractivity contribution in [3.05, 3.63) is 36.0 Å². The molecule has 5 nitrogen and oxygen atoms in total. The summed E-state index contributed by atoms with van der Waals surface area (Å²) in [5, 5.41) is 4.03. The zero-order valence-corrected chi connectivity index (χ0v) is 17.4. The Balaban J connectivity index is 1.43. The van der Waals surface area contributed by atoms with Crippen molar-refractivity contribution in [3.63, 3.8) is 0 Å². The molecule has 1 saturated heterocycles. The minimum absolute atomic E-state index is 0.527. The molecule has 7 heteroatoms. The van der Waals surface area contributed by atoms with Crippen molar-refractivity contribution in [1.82, 2.24) is 9.88 Å². The van der Waals surface area contributed by atoms with Gasteiger partial charge in [0.1, 0.15) is 18.1 Å². The van der Waals surface area contributed by atoms with Crippen LogP contribution in [0.15, 0.2) is 30.3 Å². The summed E-state index contributed by atoms with van der Waals surface area (Å²) in [6, 6.07) is 9.89. The maximum absolute atomic E-state index is 5.79. The first-order valence-electron chi connectivity index (χ1n) is 8.55. The molecule has 0 amide bonds. The summed E-state index contributed by atoms with van der Waals surface area (Å²) >= 11 is 2.15. The summed E-state index contributed by atoms with van der Waals surface area (Å²) in [5.41, 5.74) is 1.66. The van der Waals surface area contributed by atoms with Gasteiger partial charge in [-0.05, 0) is 44.4 Å². The van der Waals surface area contributed by atoms with Crippen LogP contribution in [0.25, 0.3) is 10.9 Å². The number of halogens is 1. The molecular weight excluding hydrogens is 463 g/mol. The lowest BCUT2D eigenvalue weighted by atomic mass is 10.2. The summed E-state index contributed by atoms with van der Waals surface area (Å²) < 4.78 is 16.8. The van der Waals surface area contributed by atoms with Crippen LogP contribution in [0.5, 0.6) is 5.75 Å². The summed E-state index contributed by atoms with van der Waals surface area (Å²) in [7, 11) is 1.45. The van der Waals surface area contributed by atoms with Crippen molar-refractivity contribution in [2.24, 2.45) is 0 Å². The van der Waals surface area contributed by atoms with E-state index in [2.05, 4.69) is 42.3 Å². The Morgan fingerprint density at radius 2 is 2.00 bits per heavy atom. The van der Waals surface area contributed by atoms with Gasteiger partial charge in [0, 0.05) is 52.3 Å². The number of ether oxygens (including phenoxy) is 3. The SMILES string of the molecule is ISC#Cc1ccc2ccc(OCCOCCN3CCOCC3)cc2n1. The van der Waals surface area contributed by atoms with Gasteiger partial charge in [-0.15, -0.1) is 0 Å². The Bertz CT molecular complexity index is 772. The van der Waals surface area contributed by atoms with Gasteiger partial charge in [0.2, 0.25) is 0 Å². The molecule has 0 N–H and O–H groups in total. The van der Waals surface area contributed by atoms with Crippen molar-refractivity contribution in [2.45, 2.75) is 0 Å². The molecule has 0 saturated carbocycles. The molecule has 3 rings (SSSR count). The van der Waals surface area contributed by atoms with E-state index in [0.717, 1.165) is 61.8 Å². The second-order valence-electron chi connectivity index (χ2n) is 5.77. The Morgan fingerprint density at radius 3 is 2.85 bits per heavy atom. The highest BCUT2D eigenvalue weighted by Gasteiger charge is 2.09. The number of morpholine rings is 1. The summed E-state index contributed by atoms with van der Waals surface area (Å²) in [4.78, 5) is 6.92. The molecule has 0 bridgehead atoms. The number of hydrogen-bond donors (Lipinski definition) is 0. The summed E-state index contributed by atoms with van der Waals surface area (Å²) in [6.45, 7) is 6.40. The fraction of sp³-hybridized carbons (Fsp3) is 0.421. The van der Waals surface area contributed by atoms with E-state index in [-0.39, 0.29) is 0 Å². The molecule has 0 radical (unpaired) electrons. The largest absolute Gasteiger partial charge is 0.491 e. The Labute approximate surface area is 170 Å². The molecule has 0 atom stereocenters. The average molecular weight is 484 g/mol. The smallest absolute Gasteiger partial charge is 0.121 e. The first-order chi connectivity index (χ1) is 12.8. The van der Waals surface area contributed by atoms with E-state index in [0.29, 0.717) is 13.2 Å². The van der Waals surface area contributed by atoms with Gasteiger partial charge < -0.3 is 14.2 Å². The zero-order valence-electron chi connectivity index (χ0n) is 14.4. The van der Waals surface area contributed by atoms with Crippen molar-refractivity contribution >= 4 is 41.0 Å². The van der Waals surface area contributed by atoms with Gasteiger partial charge in [-0.1, -0.05) is 0 Å². The lowest BCUT2D eigenvalue weighted by molar-refractivity contribution is 0.0170. The number of benzene rings is 1. The van der Waals surface area contributed by atoms with Crippen LogP contribution in [-0.4, -0.2) is 62.6 Å². The number of aromatic nitrogens is 1. The number of hydrogen-bond acceptors (Lipinski definition) is 6. The number of pyridine rings is 1. The Kier molecular flexibility index (Phi) is 8.29. The second kappa shape index (κ2) is 10.9. The summed E-state index contributed by atoms with van der Waals surface area (Å²) in [6.07, 6.45) is 0. The van der Waals surface area contributed by atoms with Crippen LogP contribution in [-0.2, 0) is 9.47 Å². The minimum atomic E-state index is 0.527. The van der Waals surface area contributed by atoms with Crippen LogP contribution in [0.2, 0.25) is 0 Å². The highest BCUT2D eigenvalue weighted by atomic mass is 127. The van der Waals surface area contributed by atoms with Gasteiger partial charge in [-0.2, -0.15) is 0 Å². The fourth-order valence-electron chi connectivity index (χ4n) is 2.67. The highest BCUT2D eigenvalue weighted by molar-refractivity contribution is 14.2. The van der Waals surface area contributed by atoms with Crippen molar-refractivity contribution in [3.8, 4) is 16.9 Å². The van der Waals surface area contributed by atoms with E-state index in [1.54, 1.807) is 0 Å². The van der Waals surface area contributed by atoms with Crippen LogP contribution in [0.1, 0.15) is 5.69 Å². The van der Waals surface area contributed by atoms with Gasteiger partial charge in [-0.3, -0.25) is 4.90 Å². The molecule has 1 aromatic heterocycles. The van der Waals surface area contributed by atoms with Crippen LogP contribution >= 0.6 is 30.1 Å². The first kappa shape index (κ1) is 19.7. The minimum Gasteiger partial charge on any atom is -0.491 e. The van der Waals surface area contributed by atoms with Crippen LogP contribution < -0.4 is 4.74 Å². The van der Waals surface area contributed by atoms with E-state index in [1.165, 1.54) is 8.93 Å². The first-order valence-corrected chi connectivity index (χ1v) is 11.9. The third-order valence-corrected chi connectivity index (χ3v) is 4.87. The molecule has 2 aromatic rings. The van der Waals surface area contributed by atoms with Gasteiger partial charge in [0.15, 0.2) is 0 Å². The number of rotatable bonds is 7. The molecule has 26 heavy (non-hydrogen) atoms. The molecule has 2 heterocycles. The third kappa shape index (κ3) is 6.28. The molecule has 0 spiro atoms. The average Bonchev–Trinajstić information content (AvgIpc) is 2.69.